The number of thiazole rings is 1. The monoisotopic (exact) mass is 311 g/mol. The molecule has 1 N–H and O–H groups in total. The Balaban J connectivity index is 2.64. The van der Waals surface area contributed by atoms with E-state index in [0.717, 1.165) is 23.4 Å². The summed E-state index contributed by atoms with van der Waals surface area (Å²) >= 11 is 1.45. The van der Waals surface area contributed by atoms with E-state index in [1.807, 2.05) is 34.6 Å². The zero-order valence-corrected chi connectivity index (χ0v) is 14.3. The molecule has 0 saturated heterocycles. The van der Waals surface area contributed by atoms with Crippen molar-refractivity contribution in [1.82, 2.24) is 9.88 Å². The van der Waals surface area contributed by atoms with Crippen LogP contribution in [0.5, 0.6) is 0 Å². The van der Waals surface area contributed by atoms with Gasteiger partial charge in [-0.15, -0.1) is 11.3 Å². The molecule has 0 aromatic carbocycles. The number of anilines is 1. The van der Waals surface area contributed by atoms with Crippen LogP contribution in [0.1, 0.15) is 44.2 Å². The van der Waals surface area contributed by atoms with Gasteiger partial charge in [0.25, 0.3) is 0 Å². The van der Waals surface area contributed by atoms with E-state index >= 15 is 0 Å². The topological polar surface area (TPSA) is 62.3 Å². The van der Waals surface area contributed by atoms with E-state index in [9.17, 15) is 9.59 Å². The van der Waals surface area contributed by atoms with E-state index in [2.05, 4.69) is 10.3 Å². The van der Waals surface area contributed by atoms with E-state index in [1.165, 1.54) is 11.3 Å². The van der Waals surface area contributed by atoms with Crippen molar-refractivity contribution in [1.29, 1.82) is 0 Å². The first-order valence-corrected chi connectivity index (χ1v) is 8.27. The molecule has 0 aliphatic rings. The first-order chi connectivity index (χ1) is 9.92. The lowest BCUT2D eigenvalue weighted by molar-refractivity contribution is -0.138. The second kappa shape index (κ2) is 8.12. The van der Waals surface area contributed by atoms with Crippen molar-refractivity contribution in [2.45, 2.75) is 47.5 Å². The van der Waals surface area contributed by atoms with Gasteiger partial charge >= 0.3 is 0 Å². The van der Waals surface area contributed by atoms with Crippen molar-refractivity contribution in [2.24, 2.45) is 5.92 Å². The molecule has 0 bridgehead atoms. The minimum absolute atomic E-state index is 0.00195. The summed E-state index contributed by atoms with van der Waals surface area (Å²) in [5, 5.41) is 3.37. The number of amides is 2. The number of nitrogens with one attached hydrogen (secondary N) is 1. The maximum Gasteiger partial charge on any atom is 0.245 e. The van der Waals surface area contributed by atoms with Crippen molar-refractivity contribution >= 4 is 28.3 Å². The summed E-state index contributed by atoms with van der Waals surface area (Å²) in [6.45, 7) is 10.4. The van der Waals surface area contributed by atoms with Crippen molar-refractivity contribution < 1.29 is 9.59 Å². The Labute approximate surface area is 130 Å². The molecule has 6 heteroatoms. The molecule has 0 fully saturated rings. The number of carbonyl (C=O) groups excluding carboxylic acids is 2. The summed E-state index contributed by atoms with van der Waals surface area (Å²) < 4.78 is 0. The predicted molar refractivity (Wildman–Crippen MR) is 86.5 cm³/mol. The molecule has 0 unspecified atom stereocenters. The van der Waals surface area contributed by atoms with Crippen molar-refractivity contribution in [3.63, 3.8) is 0 Å². The highest BCUT2D eigenvalue weighted by Gasteiger charge is 2.22. The lowest BCUT2D eigenvalue weighted by Crippen LogP contribution is -2.41. The summed E-state index contributed by atoms with van der Waals surface area (Å²) in [6, 6.07) is 0. The van der Waals surface area contributed by atoms with Gasteiger partial charge in [0, 0.05) is 17.3 Å². The Kier molecular flexibility index (Phi) is 6.81. The Bertz CT molecular complexity index is 476. The smallest absolute Gasteiger partial charge is 0.245 e. The van der Waals surface area contributed by atoms with Crippen LogP contribution in [-0.2, 0) is 9.59 Å². The zero-order chi connectivity index (χ0) is 16.0. The molecule has 1 rings (SSSR count). The van der Waals surface area contributed by atoms with Crippen LogP contribution in [0.4, 0.5) is 5.13 Å². The summed E-state index contributed by atoms with van der Waals surface area (Å²) in [7, 11) is 0. The molecule has 0 saturated carbocycles. The first-order valence-electron chi connectivity index (χ1n) is 7.45. The molecule has 1 heterocycles. The largest absolute Gasteiger partial charge is 0.333 e. The molecule has 5 nitrogen and oxygen atoms in total. The number of carbonyl (C=O) groups is 2. The predicted octanol–water partition coefficient (Wildman–Crippen LogP) is 2.98. The number of likely N-dealkylation sites (N-methyl/N-ethyl adjacent to an activating group) is 1. The average molecular weight is 311 g/mol. The number of aromatic nitrogens is 1. The molecule has 2 amide bonds. The molecule has 1 aromatic rings. The van der Waals surface area contributed by atoms with Crippen LogP contribution in [0, 0.1) is 19.8 Å². The Morgan fingerprint density at radius 2 is 1.86 bits per heavy atom. The summed E-state index contributed by atoms with van der Waals surface area (Å²) in [5.41, 5.74) is 0.927. The second-order valence-corrected chi connectivity index (χ2v) is 6.28. The van der Waals surface area contributed by atoms with E-state index in [-0.39, 0.29) is 24.3 Å². The van der Waals surface area contributed by atoms with Gasteiger partial charge in [-0.1, -0.05) is 13.8 Å². The summed E-state index contributed by atoms with van der Waals surface area (Å²) in [6.07, 6.45) is 1.61. The third kappa shape index (κ3) is 4.81. The van der Waals surface area contributed by atoms with Gasteiger partial charge in [-0.2, -0.15) is 0 Å². The average Bonchev–Trinajstić information content (AvgIpc) is 2.75. The van der Waals surface area contributed by atoms with Crippen LogP contribution in [0.2, 0.25) is 0 Å². The van der Waals surface area contributed by atoms with Gasteiger partial charge in [0.1, 0.15) is 0 Å². The van der Waals surface area contributed by atoms with Crippen LogP contribution in [-0.4, -0.2) is 34.8 Å². The maximum absolute atomic E-state index is 12.3. The van der Waals surface area contributed by atoms with Crippen LogP contribution < -0.4 is 5.32 Å². The fourth-order valence-corrected chi connectivity index (χ4v) is 2.93. The van der Waals surface area contributed by atoms with Gasteiger partial charge in [0.2, 0.25) is 11.8 Å². The standard InChI is InChI=1S/C15H25N3O2S/c1-6-12(7-2)14(20)18(8-3)9-13(19)17-15-16-10(4)11(5)21-15/h12H,6-9H2,1-5H3,(H,16,17,19). The van der Waals surface area contributed by atoms with Crippen molar-refractivity contribution in [3.05, 3.63) is 10.6 Å². The molecule has 1 aromatic heterocycles. The minimum atomic E-state index is -0.190. The van der Waals surface area contributed by atoms with Gasteiger partial charge in [-0.3, -0.25) is 9.59 Å². The normalized spacial score (nSPS) is 10.8. The van der Waals surface area contributed by atoms with E-state index in [1.54, 1.807) is 4.90 Å². The van der Waals surface area contributed by atoms with E-state index in [4.69, 9.17) is 0 Å². The number of rotatable bonds is 7. The highest BCUT2D eigenvalue weighted by Crippen LogP contribution is 2.21. The first kappa shape index (κ1) is 17.6. The lowest BCUT2D eigenvalue weighted by atomic mass is 10.0. The second-order valence-electron chi connectivity index (χ2n) is 5.07. The van der Waals surface area contributed by atoms with Gasteiger partial charge in [0.05, 0.1) is 12.2 Å². The van der Waals surface area contributed by atoms with Crippen molar-refractivity contribution in [3.8, 4) is 0 Å². The van der Waals surface area contributed by atoms with E-state index in [0.29, 0.717) is 11.7 Å². The Morgan fingerprint density at radius 1 is 1.24 bits per heavy atom. The molecule has 0 aliphatic heterocycles. The third-order valence-electron chi connectivity index (χ3n) is 3.64. The highest BCUT2D eigenvalue weighted by molar-refractivity contribution is 7.15. The zero-order valence-electron chi connectivity index (χ0n) is 13.5. The molecule has 0 spiro atoms. The number of aryl methyl sites for hydroxylation is 2. The number of hydrogen-bond donors (Lipinski definition) is 1. The third-order valence-corrected chi connectivity index (χ3v) is 4.63. The molecular formula is C15H25N3O2S. The van der Waals surface area contributed by atoms with Crippen LogP contribution in [0.3, 0.4) is 0 Å². The fourth-order valence-electron chi connectivity index (χ4n) is 2.10. The quantitative estimate of drug-likeness (QED) is 0.842. The van der Waals surface area contributed by atoms with Gasteiger partial charge in [-0.05, 0) is 33.6 Å². The molecular weight excluding hydrogens is 286 g/mol. The Hall–Kier alpha value is -1.43. The van der Waals surface area contributed by atoms with E-state index < -0.39 is 0 Å². The lowest BCUT2D eigenvalue weighted by Gasteiger charge is -2.24. The molecule has 118 valence electrons. The summed E-state index contributed by atoms with van der Waals surface area (Å²) in [5.74, 6) is -0.129. The van der Waals surface area contributed by atoms with Crippen LogP contribution >= 0.6 is 11.3 Å². The van der Waals surface area contributed by atoms with Gasteiger partial charge < -0.3 is 10.2 Å². The summed E-state index contributed by atoms with van der Waals surface area (Å²) in [4.78, 5) is 31.4. The maximum atomic E-state index is 12.3. The molecule has 0 atom stereocenters. The molecule has 0 radical (unpaired) electrons. The van der Waals surface area contributed by atoms with Crippen LogP contribution in [0.15, 0.2) is 0 Å². The Morgan fingerprint density at radius 3 is 2.29 bits per heavy atom. The van der Waals surface area contributed by atoms with Crippen molar-refractivity contribution in [2.75, 3.05) is 18.4 Å². The van der Waals surface area contributed by atoms with Gasteiger partial charge in [0.15, 0.2) is 5.13 Å². The van der Waals surface area contributed by atoms with Crippen LogP contribution in [0.25, 0.3) is 0 Å². The van der Waals surface area contributed by atoms with Gasteiger partial charge in [-0.25, -0.2) is 4.98 Å². The SMILES string of the molecule is CCC(CC)C(=O)N(CC)CC(=O)Nc1nc(C)c(C)s1. The number of hydrogen-bond acceptors (Lipinski definition) is 4. The fraction of sp³-hybridized carbons (Fsp3) is 0.667. The highest BCUT2D eigenvalue weighted by atomic mass is 32.1. The minimum Gasteiger partial charge on any atom is -0.333 e. The molecule has 21 heavy (non-hydrogen) atoms. The molecule has 0 aliphatic carbocycles. The number of nitrogens with zero attached hydrogens (tertiary/aromatic N) is 2.